The summed E-state index contributed by atoms with van der Waals surface area (Å²) in [5, 5.41) is 3.33. The Kier molecular flexibility index (Phi) is 10.1. The Bertz CT molecular complexity index is 1040. The van der Waals surface area contributed by atoms with Crippen LogP contribution < -0.4 is 15.0 Å². The van der Waals surface area contributed by atoms with E-state index >= 15 is 0 Å². The molecule has 37 heavy (non-hydrogen) atoms. The second-order valence-electron chi connectivity index (χ2n) is 10.1. The normalized spacial score (nSPS) is 17.7. The van der Waals surface area contributed by atoms with E-state index in [4.69, 9.17) is 4.74 Å². The van der Waals surface area contributed by atoms with Gasteiger partial charge in [-0.15, -0.1) is 12.6 Å². The number of Topliss-reactive ketones (excluding diaryl/α,β-unsaturated/α-hetero) is 1. The van der Waals surface area contributed by atoms with Crippen LogP contribution >= 0.6 is 12.6 Å². The number of aromatic nitrogens is 2. The summed E-state index contributed by atoms with van der Waals surface area (Å²) >= 11 is 4.32. The minimum Gasteiger partial charge on any atom is -0.481 e. The molecule has 0 spiro atoms. The van der Waals surface area contributed by atoms with Crippen molar-refractivity contribution in [2.45, 2.75) is 58.4 Å². The van der Waals surface area contributed by atoms with Gasteiger partial charge in [0.1, 0.15) is 17.4 Å². The number of benzene rings is 1. The summed E-state index contributed by atoms with van der Waals surface area (Å²) in [5.74, 6) is 1.59. The lowest BCUT2D eigenvalue weighted by atomic mass is 10.0. The van der Waals surface area contributed by atoms with Crippen LogP contribution in [0.25, 0.3) is 0 Å². The number of piperazine rings is 1. The minimum absolute atomic E-state index is 0.0260. The average Bonchev–Trinajstić information content (AvgIpc) is 2.93. The highest BCUT2D eigenvalue weighted by Crippen LogP contribution is 2.34. The molecule has 0 amide bonds. The fourth-order valence-corrected chi connectivity index (χ4v) is 5.34. The second-order valence-corrected chi connectivity index (χ2v) is 10.3. The summed E-state index contributed by atoms with van der Waals surface area (Å²) < 4.78 is 5.95. The molecule has 0 saturated carbocycles. The van der Waals surface area contributed by atoms with Crippen molar-refractivity contribution in [2.24, 2.45) is 0 Å². The molecule has 0 aliphatic carbocycles. The first kappa shape index (κ1) is 27.7. The lowest BCUT2D eigenvalue weighted by Crippen LogP contribution is -2.53. The lowest BCUT2D eigenvalue weighted by molar-refractivity contribution is 0.0975. The maximum Gasteiger partial charge on any atom is 0.184 e. The van der Waals surface area contributed by atoms with Gasteiger partial charge in [0.2, 0.25) is 0 Å². The highest BCUT2D eigenvalue weighted by molar-refractivity contribution is 7.80. The zero-order chi connectivity index (χ0) is 26.2. The number of likely N-dealkylation sites (tertiary alicyclic amines) is 1. The molecule has 202 valence electrons. The number of piperidine rings is 1. The van der Waals surface area contributed by atoms with E-state index in [0.29, 0.717) is 24.0 Å². The van der Waals surface area contributed by atoms with Gasteiger partial charge in [-0.3, -0.25) is 9.69 Å². The molecule has 2 saturated heterocycles. The number of hydrogen-bond donors (Lipinski definition) is 2. The molecule has 1 aromatic carbocycles. The van der Waals surface area contributed by atoms with Crippen LogP contribution in [0, 0.1) is 0 Å². The van der Waals surface area contributed by atoms with Crippen molar-refractivity contribution in [3.05, 3.63) is 35.8 Å². The predicted octanol–water partition coefficient (Wildman–Crippen LogP) is 4.64. The van der Waals surface area contributed by atoms with Gasteiger partial charge in [-0.2, -0.15) is 0 Å². The summed E-state index contributed by atoms with van der Waals surface area (Å²) in [7, 11) is 2.22. The first-order valence-corrected chi connectivity index (χ1v) is 14.4. The minimum atomic E-state index is 0.0260. The third-order valence-electron chi connectivity index (χ3n) is 7.51. The van der Waals surface area contributed by atoms with Crippen LogP contribution in [-0.4, -0.2) is 83.8 Å². The summed E-state index contributed by atoms with van der Waals surface area (Å²) in [6, 6.07) is 6.80. The number of rotatable bonds is 11. The number of carbonyl (C=O) groups is 1. The first-order valence-electron chi connectivity index (χ1n) is 13.7. The molecule has 3 heterocycles. The van der Waals surface area contributed by atoms with Crippen LogP contribution in [0.1, 0.15) is 62.1 Å². The number of aryl methyl sites for hydroxylation is 1. The van der Waals surface area contributed by atoms with Crippen LogP contribution in [0.3, 0.4) is 0 Å². The number of ether oxygens (including phenoxy) is 1. The van der Waals surface area contributed by atoms with Crippen LogP contribution in [0.2, 0.25) is 0 Å². The lowest BCUT2D eigenvalue weighted by Gasteiger charge is -2.43. The molecule has 4 rings (SSSR count). The number of unbranched alkanes of at least 4 members (excludes halogenated alkanes) is 1. The largest absolute Gasteiger partial charge is 0.481 e. The fourth-order valence-electron chi connectivity index (χ4n) is 5.20. The van der Waals surface area contributed by atoms with Crippen molar-refractivity contribution in [3.63, 3.8) is 0 Å². The smallest absolute Gasteiger partial charge is 0.184 e. The third kappa shape index (κ3) is 7.15. The van der Waals surface area contributed by atoms with E-state index in [1.54, 1.807) is 6.20 Å². The zero-order valence-corrected chi connectivity index (χ0v) is 23.5. The molecule has 9 heteroatoms. The van der Waals surface area contributed by atoms with Gasteiger partial charge in [0.25, 0.3) is 0 Å². The van der Waals surface area contributed by atoms with Gasteiger partial charge in [-0.05, 0) is 58.0 Å². The van der Waals surface area contributed by atoms with E-state index in [1.165, 1.54) is 25.9 Å². The monoisotopic (exact) mass is 526 g/mol. The Morgan fingerprint density at radius 3 is 2.57 bits per heavy atom. The van der Waals surface area contributed by atoms with Gasteiger partial charge < -0.3 is 19.9 Å². The predicted molar refractivity (Wildman–Crippen MR) is 154 cm³/mol. The van der Waals surface area contributed by atoms with Crippen molar-refractivity contribution >= 4 is 35.6 Å². The van der Waals surface area contributed by atoms with Crippen LogP contribution in [0.15, 0.2) is 24.4 Å². The van der Waals surface area contributed by atoms with Crippen molar-refractivity contribution in [1.29, 1.82) is 0 Å². The van der Waals surface area contributed by atoms with Gasteiger partial charge in [0.15, 0.2) is 11.6 Å². The number of anilines is 3. The third-order valence-corrected chi connectivity index (χ3v) is 7.64. The maximum atomic E-state index is 12.9. The van der Waals surface area contributed by atoms with Crippen LogP contribution in [0.4, 0.5) is 17.2 Å². The van der Waals surface area contributed by atoms with E-state index in [9.17, 15) is 4.79 Å². The molecule has 1 aromatic heterocycles. The quantitative estimate of drug-likeness (QED) is 0.249. The van der Waals surface area contributed by atoms with Crippen molar-refractivity contribution < 1.29 is 9.53 Å². The standard InChI is InChI=1S/C28H42N6O2S/c1-4-6-7-25(35)27-28(29-19-21(5-2)30-27)31-22-8-9-24(26(18-22)36-20-37)34-16-14-33(15-17-34)23-10-12-32(3)13-11-23/h8-9,18-19,23,37H,4-7,10-17,20H2,1-3H3,(H,29,31). The molecule has 8 nitrogen and oxygen atoms in total. The van der Waals surface area contributed by atoms with Crippen molar-refractivity contribution in [3.8, 4) is 5.75 Å². The Hall–Kier alpha value is -2.36. The van der Waals surface area contributed by atoms with Crippen molar-refractivity contribution in [1.82, 2.24) is 19.8 Å². The number of ketones is 1. The Labute approximate surface area is 227 Å². The van der Waals surface area contributed by atoms with Gasteiger partial charge in [0.05, 0.1) is 17.6 Å². The molecule has 0 unspecified atom stereocenters. The molecule has 2 aliphatic heterocycles. The van der Waals surface area contributed by atoms with E-state index in [1.807, 2.05) is 19.1 Å². The number of thiol groups is 1. The van der Waals surface area contributed by atoms with Gasteiger partial charge >= 0.3 is 0 Å². The molecular formula is C28H42N6O2S. The molecule has 0 bridgehead atoms. The van der Waals surface area contributed by atoms with Crippen LogP contribution in [0.5, 0.6) is 5.75 Å². The van der Waals surface area contributed by atoms with E-state index in [0.717, 1.165) is 68.3 Å². The molecule has 2 aliphatic rings. The molecule has 2 fully saturated rings. The Morgan fingerprint density at radius 1 is 1.14 bits per heavy atom. The highest BCUT2D eigenvalue weighted by Gasteiger charge is 2.27. The topological polar surface area (TPSA) is 73.8 Å². The maximum absolute atomic E-state index is 12.9. The summed E-state index contributed by atoms with van der Waals surface area (Å²) in [6.07, 6.45) is 7.28. The van der Waals surface area contributed by atoms with Gasteiger partial charge in [-0.25, -0.2) is 9.97 Å². The Balaban J connectivity index is 1.47. The molecule has 2 aromatic rings. The van der Waals surface area contributed by atoms with Crippen molar-refractivity contribution in [2.75, 3.05) is 62.5 Å². The molecular weight excluding hydrogens is 484 g/mol. The number of nitrogens with one attached hydrogen (secondary N) is 1. The van der Waals surface area contributed by atoms with Gasteiger partial charge in [-0.1, -0.05) is 20.3 Å². The first-order chi connectivity index (χ1) is 18.0. The van der Waals surface area contributed by atoms with Crippen LogP contribution in [-0.2, 0) is 6.42 Å². The SMILES string of the molecule is CCCCC(=O)c1nc(CC)cnc1Nc1ccc(N2CCN(C3CCN(C)CC3)CC2)c(OCS)c1. The van der Waals surface area contributed by atoms with E-state index < -0.39 is 0 Å². The molecule has 0 atom stereocenters. The highest BCUT2D eigenvalue weighted by atomic mass is 32.1. The summed E-state index contributed by atoms with van der Waals surface area (Å²) in [6.45, 7) is 10.6. The number of carbonyl (C=O) groups excluding carboxylic acids is 1. The van der Waals surface area contributed by atoms with Gasteiger partial charge in [0, 0.05) is 50.4 Å². The summed E-state index contributed by atoms with van der Waals surface area (Å²) in [4.78, 5) is 29.5. The number of hydrogen-bond acceptors (Lipinski definition) is 9. The van der Waals surface area contributed by atoms with E-state index in [2.05, 4.69) is 62.7 Å². The van der Waals surface area contributed by atoms with E-state index in [-0.39, 0.29) is 11.7 Å². The average molecular weight is 527 g/mol. The number of nitrogens with zero attached hydrogens (tertiary/aromatic N) is 5. The summed E-state index contributed by atoms with van der Waals surface area (Å²) in [5.41, 5.74) is 3.13. The Morgan fingerprint density at radius 2 is 1.89 bits per heavy atom. The molecule has 0 radical (unpaired) electrons. The zero-order valence-electron chi connectivity index (χ0n) is 22.6. The fraction of sp³-hybridized carbons (Fsp3) is 0.607. The molecule has 1 N–H and O–H groups in total. The second kappa shape index (κ2) is 13.4.